The monoisotopic (exact) mass is 262 g/mol. The van der Waals surface area contributed by atoms with Crippen LogP contribution in [0.2, 0.25) is 0 Å². The number of hydrogen-bond donors (Lipinski definition) is 2. The Kier molecular flexibility index (Phi) is 5.19. The third-order valence-corrected chi connectivity index (χ3v) is 3.12. The van der Waals surface area contributed by atoms with Crippen molar-refractivity contribution in [1.82, 2.24) is 0 Å². The Morgan fingerprint density at radius 1 is 1.12 bits per heavy atom. The van der Waals surface area contributed by atoms with Crippen LogP contribution in [0.4, 0.5) is 8.78 Å². The van der Waals surface area contributed by atoms with Crippen LogP contribution in [0.3, 0.4) is 0 Å². The normalized spacial score (nSPS) is 12.0. The fourth-order valence-corrected chi connectivity index (χ4v) is 1.75. The molecule has 1 aromatic carbocycles. The van der Waals surface area contributed by atoms with E-state index in [-0.39, 0.29) is 16.9 Å². The minimum absolute atomic E-state index is 0.0916. The second-order valence-electron chi connectivity index (χ2n) is 3.93. The molecule has 6 heteroatoms. The van der Waals surface area contributed by atoms with E-state index in [2.05, 4.69) is 4.43 Å². The molecular weight excluding hydrogens is 246 g/mol. The van der Waals surface area contributed by atoms with Gasteiger partial charge in [-0.3, -0.25) is 0 Å². The van der Waals surface area contributed by atoms with Gasteiger partial charge in [0.15, 0.2) is 10.5 Å². The molecule has 2 N–H and O–H groups in total. The van der Waals surface area contributed by atoms with E-state index >= 15 is 0 Å². The Morgan fingerprint density at radius 2 is 1.71 bits per heavy atom. The second kappa shape index (κ2) is 6.20. The molecular formula is C11H16F2O3Si. The Labute approximate surface area is 102 Å². The van der Waals surface area contributed by atoms with Crippen molar-refractivity contribution in [3.8, 4) is 0 Å². The van der Waals surface area contributed by atoms with E-state index in [1.54, 1.807) is 0 Å². The van der Waals surface area contributed by atoms with Crippen molar-refractivity contribution in [2.75, 3.05) is 0 Å². The van der Waals surface area contributed by atoms with Crippen molar-refractivity contribution in [2.24, 2.45) is 0 Å². The fourth-order valence-electron chi connectivity index (χ4n) is 1.54. The van der Waals surface area contributed by atoms with Crippen molar-refractivity contribution in [2.45, 2.75) is 31.7 Å². The zero-order valence-electron chi connectivity index (χ0n) is 9.62. The van der Waals surface area contributed by atoms with Gasteiger partial charge >= 0.3 is 0 Å². The van der Waals surface area contributed by atoms with Gasteiger partial charge in [0.25, 0.3) is 5.97 Å². The molecule has 0 bridgehead atoms. The van der Waals surface area contributed by atoms with E-state index in [1.165, 1.54) is 12.1 Å². The highest BCUT2D eigenvalue weighted by Crippen LogP contribution is 2.15. The number of benzene rings is 1. The molecule has 17 heavy (non-hydrogen) atoms. The molecule has 0 heterocycles. The predicted octanol–water partition coefficient (Wildman–Crippen LogP) is 0.613. The average Bonchev–Trinajstić information content (AvgIpc) is 2.23. The van der Waals surface area contributed by atoms with Crippen LogP contribution in [-0.4, -0.2) is 26.7 Å². The number of halogens is 2. The minimum atomic E-state index is -2.06. The zero-order valence-corrected chi connectivity index (χ0v) is 11.6. The molecule has 0 atom stereocenters. The summed E-state index contributed by atoms with van der Waals surface area (Å²) in [6.07, 6.45) is 1.70. The molecule has 0 unspecified atom stereocenters. The van der Waals surface area contributed by atoms with Crippen molar-refractivity contribution in [3.05, 3.63) is 35.4 Å². The molecule has 1 rings (SSSR count). The summed E-state index contributed by atoms with van der Waals surface area (Å²) in [5.41, 5.74) is 0.566. The molecule has 0 saturated carbocycles. The first-order valence-electron chi connectivity index (χ1n) is 5.38. The fraction of sp³-hybridized carbons (Fsp3) is 0.455. The predicted molar refractivity (Wildman–Crippen MR) is 62.1 cm³/mol. The highest BCUT2D eigenvalue weighted by Gasteiger charge is 2.19. The molecule has 0 fully saturated rings. The second-order valence-corrected chi connectivity index (χ2v) is 4.34. The van der Waals surface area contributed by atoms with E-state index in [0.29, 0.717) is 24.8 Å². The molecule has 1 aromatic rings. The number of hydrogen-bond acceptors (Lipinski definition) is 3. The number of unbranched alkanes of at least 4 members (excludes halogenated alkanes) is 1. The quantitative estimate of drug-likeness (QED) is 0.449. The maximum absolute atomic E-state index is 12.8. The van der Waals surface area contributed by atoms with Crippen molar-refractivity contribution >= 4 is 10.5 Å². The van der Waals surface area contributed by atoms with E-state index in [0.717, 1.165) is 6.07 Å². The lowest BCUT2D eigenvalue weighted by Gasteiger charge is -2.19. The van der Waals surface area contributed by atoms with Crippen LogP contribution in [0.1, 0.15) is 24.8 Å². The van der Waals surface area contributed by atoms with Gasteiger partial charge in [-0.05, 0) is 37.0 Å². The van der Waals surface area contributed by atoms with Crippen molar-refractivity contribution < 1.29 is 23.4 Å². The standard InChI is InChI=1S/C11H16F2O3Si/c12-9-5-8(6-10(13)7-9)3-1-2-4-11(14,15)16-17/h5-7,14-15H,1-4H2,17H3. The third-order valence-electron chi connectivity index (χ3n) is 2.47. The number of rotatable bonds is 6. The van der Waals surface area contributed by atoms with Crippen LogP contribution in [0.15, 0.2) is 18.2 Å². The number of aliphatic hydroxyl groups is 2. The summed E-state index contributed by atoms with van der Waals surface area (Å²) < 4.78 is 30.2. The Hall–Kier alpha value is -0.823. The van der Waals surface area contributed by atoms with Crippen LogP contribution in [0.25, 0.3) is 0 Å². The van der Waals surface area contributed by atoms with Gasteiger partial charge in [0, 0.05) is 12.5 Å². The lowest BCUT2D eigenvalue weighted by Crippen LogP contribution is -2.30. The van der Waals surface area contributed by atoms with Crippen molar-refractivity contribution in [1.29, 1.82) is 0 Å². The largest absolute Gasteiger partial charge is 0.381 e. The molecule has 0 aliphatic rings. The highest BCUT2D eigenvalue weighted by molar-refractivity contribution is 5.98. The van der Waals surface area contributed by atoms with Crippen LogP contribution in [-0.2, 0) is 10.8 Å². The Bertz CT molecular complexity index is 351. The highest BCUT2D eigenvalue weighted by atomic mass is 28.2. The lowest BCUT2D eigenvalue weighted by molar-refractivity contribution is -0.295. The van der Waals surface area contributed by atoms with Gasteiger partial charge in [-0.2, -0.15) is 0 Å². The summed E-state index contributed by atoms with van der Waals surface area (Å²) in [6, 6.07) is 3.38. The zero-order chi connectivity index (χ0) is 12.9. The molecule has 3 nitrogen and oxygen atoms in total. The van der Waals surface area contributed by atoms with Gasteiger partial charge in [0.05, 0.1) is 0 Å². The Balaban J connectivity index is 2.36. The van der Waals surface area contributed by atoms with Gasteiger partial charge in [-0.15, -0.1) is 0 Å². The smallest absolute Gasteiger partial charge is 0.267 e. The van der Waals surface area contributed by atoms with Gasteiger partial charge in [-0.1, -0.05) is 0 Å². The van der Waals surface area contributed by atoms with Gasteiger partial charge in [0.1, 0.15) is 11.6 Å². The van der Waals surface area contributed by atoms with Crippen LogP contribution in [0, 0.1) is 11.6 Å². The van der Waals surface area contributed by atoms with E-state index in [9.17, 15) is 8.78 Å². The lowest BCUT2D eigenvalue weighted by atomic mass is 10.1. The van der Waals surface area contributed by atoms with Crippen molar-refractivity contribution in [3.63, 3.8) is 0 Å². The maximum atomic E-state index is 12.8. The first-order valence-corrected chi connectivity index (χ1v) is 6.19. The Morgan fingerprint density at radius 3 is 2.24 bits per heavy atom. The molecule has 0 aromatic heterocycles. The summed E-state index contributed by atoms with van der Waals surface area (Å²) in [6.45, 7) is 0. The summed E-state index contributed by atoms with van der Waals surface area (Å²) in [5, 5.41) is 18.3. The first kappa shape index (κ1) is 14.2. The van der Waals surface area contributed by atoms with Gasteiger partial charge in [-0.25, -0.2) is 8.78 Å². The summed E-state index contributed by atoms with van der Waals surface area (Å²) in [4.78, 5) is 0. The minimum Gasteiger partial charge on any atom is -0.381 e. The summed E-state index contributed by atoms with van der Waals surface area (Å²) in [5.74, 6) is -3.25. The van der Waals surface area contributed by atoms with Crippen LogP contribution < -0.4 is 0 Å². The van der Waals surface area contributed by atoms with Gasteiger partial charge in [0.2, 0.25) is 0 Å². The first-order chi connectivity index (χ1) is 7.93. The SMILES string of the molecule is OC(O)(CCCCc1cc(F)cc(F)c1)O[SiH3]. The number of aryl methyl sites for hydroxylation is 1. The molecule has 0 saturated heterocycles. The van der Waals surface area contributed by atoms with E-state index in [4.69, 9.17) is 10.2 Å². The summed E-state index contributed by atoms with van der Waals surface area (Å²) >= 11 is 0. The summed E-state index contributed by atoms with van der Waals surface area (Å²) in [7, 11) is 0.240. The van der Waals surface area contributed by atoms with E-state index in [1.807, 2.05) is 0 Å². The van der Waals surface area contributed by atoms with Crippen LogP contribution in [0.5, 0.6) is 0 Å². The molecule has 0 aliphatic heterocycles. The van der Waals surface area contributed by atoms with Gasteiger partial charge < -0.3 is 14.6 Å². The molecule has 0 spiro atoms. The van der Waals surface area contributed by atoms with Crippen LogP contribution >= 0.6 is 0 Å². The third kappa shape index (κ3) is 5.36. The maximum Gasteiger partial charge on any atom is 0.267 e. The van der Waals surface area contributed by atoms with E-state index < -0.39 is 17.6 Å². The molecule has 0 radical (unpaired) electrons. The topological polar surface area (TPSA) is 49.7 Å². The molecule has 0 amide bonds. The molecule has 96 valence electrons. The average molecular weight is 262 g/mol. The molecule has 0 aliphatic carbocycles.